The van der Waals surface area contributed by atoms with Crippen molar-refractivity contribution in [3.63, 3.8) is 0 Å². The normalized spacial score (nSPS) is 17.8. The first kappa shape index (κ1) is 24.9. The monoisotopic (exact) mass is 764 g/mol. The minimum absolute atomic E-state index is 0. The molecule has 44 heavy (non-hydrogen) atoms. The minimum Gasteiger partial charge on any atom is -0.305 e. The van der Waals surface area contributed by atoms with Crippen molar-refractivity contribution < 1.29 is 29.7 Å². The molecular weight excluding hydrogens is 713 g/mol. The zero-order valence-corrected chi connectivity index (χ0v) is 28.1. The summed E-state index contributed by atoms with van der Waals surface area (Å²) >= 11 is 0. The molecule has 2 nitrogen and oxygen atoms in total. The summed E-state index contributed by atoms with van der Waals surface area (Å²) in [5, 5.41) is 0. The maximum atomic E-state index is 8.84. The second-order valence-electron chi connectivity index (χ2n) is 11.3. The fourth-order valence-corrected chi connectivity index (χ4v) is 5.33. The Balaban J connectivity index is 0.000000224. The largest absolute Gasteiger partial charge is 0.305 e. The molecule has 1 aliphatic carbocycles. The fourth-order valence-electron chi connectivity index (χ4n) is 5.33. The van der Waals surface area contributed by atoms with Crippen molar-refractivity contribution >= 4 is 0 Å². The zero-order chi connectivity index (χ0) is 36.2. The van der Waals surface area contributed by atoms with Gasteiger partial charge in [0.25, 0.3) is 0 Å². The second kappa shape index (κ2) is 16.6. The van der Waals surface area contributed by atoms with E-state index in [-0.39, 0.29) is 37.2 Å². The molecule has 3 aromatic carbocycles. The minimum atomic E-state index is -2.39. The van der Waals surface area contributed by atoms with Crippen molar-refractivity contribution in [1.29, 1.82) is 0 Å². The molecule has 1 fully saturated rings. The van der Waals surface area contributed by atoms with E-state index in [0.29, 0.717) is 5.69 Å². The molecule has 0 aliphatic heterocycles. The van der Waals surface area contributed by atoms with Gasteiger partial charge in [-0.25, -0.2) is 0 Å². The van der Waals surface area contributed by atoms with Crippen molar-refractivity contribution in [2.24, 2.45) is 5.92 Å². The predicted molar refractivity (Wildman–Crippen MR) is 180 cm³/mol. The summed E-state index contributed by atoms with van der Waals surface area (Å²) in [4.78, 5) is 8.72. The molecule has 1 unspecified atom stereocenters. The summed E-state index contributed by atoms with van der Waals surface area (Å²) in [5.41, 5.74) is 5.94. The van der Waals surface area contributed by atoms with Crippen LogP contribution in [0.1, 0.15) is 102 Å². The number of pyridine rings is 2. The molecule has 3 heteroatoms. The third-order valence-electron chi connectivity index (χ3n) is 7.91. The average molecular weight is 764 g/mol. The van der Waals surface area contributed by atoms with Gasteiger partial charge in [0.2, 0.25) is 0 Å². The molecule has 0 saturated heterocycles. The number of hydrogen-bond donors (Lipinski definition) is 0. The van der Waals surface area contributed by atoms with Crippen molar-refractivity contribution in [2.45, 2.75) is 77.9 Å². The van der Waals surface area contributed by atoms with Crippen LogP contribution in [0.2, 0.25) is 0 Å². The van der Waals surface area contributed by atoms with E-state index >= 15 is 0 Å². The molecule has 0 N–H and O–H groups in total. The molecule has 1 aliphatic rings. The first-order chi connectivity index (χ1) is 23.6. The number of rotatable bonds is 7. The van der Waals surface area contributed by atoms with Crippen LogP contribution in [0.15, 0.2) is 103 Å². The maximum Gasteiger partial charge on any atom is 0.0383 e. The topological polar surface area (TPSA) is 25.8 Å². The molecule has 1 radical (unpaired) electrons. The first-order valence-corrected chi connectivity index (χ1v) is 15.1. The van der Waals surface area contributed by atoms with Crippen LogP contribution in [-0.4, -0.2) is 9.97 Å². The Morgan fingerprint density at radius 1 is 0.795 bits per heavy atom. The van der Waals surface area contributed by atoms with Gasteiger partial charge in [-0.2, -0.15) is 0 Å². The molecule has 2 aromatic heterocycles. The predicted octanol–water partition coefficient (Wildman–Crippen LogP) is 10.8. The number of benzene rings is 3. The molecule has 5 aromatic rings. The Bertz CT molecular complexity index is 1870. The van der Waals surface area contributed by atoms with Crippen LogP contribution in [0.25, 0.3) is 22.5 Å². The number of hydrogen-bond acceptors (Lipinski definition) is 2. The molecule has 1 atom stereocenters. The molecule has 0 amide bonds. The van der Waals surface area contributed by atoms with E-state index in [9.17, 15) is 0 Å². The van der Waals surface area contributed by atoms with Crippen LogP contribution in [-0.2, 0) is 26.5 Å². The first-order valence-electron chi connectivity index (χ1n) is 18.6. The van der Waals surface area contributed by atoms with Gasteiger partial charge in [0.05, 0.1) is 0 Å². The van der Waals surface area contributed by atoms with Gasteiger partial charge in [-0.15, -0.1) is 71.3 Å². The van der Waals surface area contributed by atoms with Crippen LogP contribution in [0.5, 0.6) is 0 Å². The van der Waals surface area contributed by atoms with Gasteiger partial charge in [-0.3, -0.25) is 0 Å². The van der Waals surface area contributed by atoms with Crippen LogP contribution >= 0.6 is 0 Å². The molecule has 0 bridgehead atoms. The SMILES string of the molecule is [2H]C(C)(C)c1ccnc(-c2[c-]ccc(C([2H])(C)c3ccccc3)c2)c1.[2H]C([2H])([2H])c1cnc(-c2[c-]cccc2)cc1C([2H])([2H])C1CCCCC1.[Ir]. The Labute approximate surface area is 288 Å². The Morgan fingerprint density at radius 2 is 1.55 bits per heavy atom. The zero-order valence-electron chi connectivity index (χ0n) is 32.7. The van der Waals surface area contributed by atoms with E-state index in [1.54, 1.807) is 18.3 Å². The van der Waals surface area contributed by atoms with E-state index in [1.807, 2.05) is 99.6 Å². The van der Waals surface area contributed by atoms with Crippen molar-refractivity contribution in [2.75, 3.05) is 0 Å². The van der Waals surface area contributed by atoms with Crippen LogP contribution in [0.3, 0.4) is 0 Å². The van der Waals surface area contributed by atoms with E-state index in [2.05, 4.69) is 22.1 Å². The molecule has 0 spiro atoms. The van der Waals surface area contributed by atoms with Crippen molar-refractivity contribution in [3.05, 3.63) is 143 Å². The number of nitrogens with zero attached hydrogens (tertiary/aromatic N) is 2. The van der Waals surface area contributed by atoms with E-state index in [1.165, 1.54) is 6.20 Å². The van der Waals surface area contributed by atoms with Crippen LogP contribution in [0.4, 0.5) is 0 Å². The van der Waals surface area contributed by atoms with Gasteiger partial charge in [-0.1, -0.05) is 106 Å². The third-order valence-corrected chi connectivity index (χ3v) is 7.91. The Hall–Kier alpha value is -3.39. The second-order valence-corrected chi connectivity index (χ2v) is 11.3. The van der Waals surface area contributed by atoms with Gasteiger partial charge in [0.1, 0.15) is 0 Å². The molecule has 229 valence electrons. The van der Waals surface area contributed by atoms with Gasteiger partial charge < -0.3 is 9.97 Å². The molecule has 6 rings (SSSR count). The average Bonchev–Trinajstić information content (AvgIpc) is 3.12. The Morgan fingerprint density at radius 3 is 2.27 bits per heavy atom. The summed E-state index contributed by atoms with van der Waals surface area (Å²) < 4.78 is 57.9. The number of aryl methyl sites for hydroxylation is 1. The third kappa shape index (κ3) is 9.07. The van der Waals surface area contributed by atoms with Gasteiger partial charge in [0, 0.05) is 42.1 Å². The Kier molecular flexibility index (Phi) is 9.39. The smallest absolute Gasteiger partial charge is 0.0383 e. The van der Waals surface area contributed by atoms with E-state index in [4.69, 9.17) is 9.60 Å². The summed E-state index contributed by atoms with van der Waals surface area (Å²) in [6.07, 6.45) is 6.08. The quantitative estimate of drug-likeness (QED) is 0.154. The molecular formula is C41H44IrN2-2. The van der Waals surface area contributed by atoms with E-state index in [0.717, 1.165) is 65.6 Å². The fraction of sp³-hybridized carbons (Fsp3) is 0.317. The van der Waals surface area contributed by atoms with Crippen LogP contribution in [0, 0.1) is 24.9 Å². The van der Waals surface area contributed by atoms with Crippen molar-refractivity contribution in [1.82, 2.24) is 9.97 Å². The van der Waals surface area contributed by atoms with Crippen molar-refractivity contribution in [3.8, 4) is 22.5 Å². The van der Waals surface area contributed by atoms with Crippen LogP contribution < -0.4 is 0 Å². The number of aromatic nitrogens is 2. The van der Waals surface area contributed by atoms with E-state index < -0.39 is 25.0 Å². The summed E-state index contributed by atoms with van der Waals surface area (Å²) in [6.45, 7) is 3.24. The summed E-state index contributed by atoms with van der Waals surface area (Å²) in [7, 11) is 0. The summed E-state index contributed by atoms with van der Waals surface area (Å²) in [5.74, 6) is -1.68. The molecule has 2 heterocycles. The van der Waals surface area contributed by atoms with Gasteiger partial charge in [-0.05, 0) is 59.5 Å². The standard InChI is InChI=1S/C22H22N.C19H22N.Ir/c1-16(2)19-12-13-23-22(15-19)21-11-7-10-20(14-21)17(3)18-8-5-4-6-9-18;1-15-14-20-19(17-10-6-3-7-11-17)13-18(15)12-16-8-4-2-5-9-16;/h4-10,12-17H,1-3H3;3,6-7,10,13-14,16H,2,4-5,8-9,12H2,1H3;/q2*-1;/i16D,17D;1D3,12D2;. The van der Waals surface area contributed by atoms with Gasteiger partial charge in [0.15, 0.2) is 0 Å². The van der Waals surface area contributed by atoms with Gasteiger partial charge >= 0.3 is 0 Å². The summed E-state index contributed by atoms with van der Waals surface area (Å²) in [6, 6.07) is 34.6. The molecule has 1 saturated carbocycles. The maximum absolute atomic E-state index is 8.84.